The first-order chi connectivity index (χ1) is 11.3. The van der Waals surface area contributed by atoms with Gasteiger partial charge in [-0.25, -0.2) is 0 Å². The van der Waals surface area contributed by atoms with E-state index in [0.29, 0.717) is 25.2 Å². The van der Waals surface area contributed by atoms with E-state index < -0.39 is 34.9 Å². The highest BCUT2D eigenvalue weighted by atomic mass is 19.4. The van der Waals surface area contributed by atoms with Crippen LogP contribution in [0.3, 0.4) is 0 Å². The third-order valence-corrected chi connectivity index (χ3v) is 3.89. The highest BCUT2D eigenvalue weighted by Gasteiger charge is 2.32. The second kappa shape index (κ2) is 6.12. The van der Waals surface area contributed by atoms with Crippen molar-refractivity contribution in [3.63, 3.8) is 0 Å². The summed E-state index contributed by atoms with van der Waals surface area (Å²) in [6.07, 6.45) is -3.63. The Kier molecular flexibility index (Phi) is 4.15. The van der Waals surface area contributed by atoms with Crippen LogP contribution in [0.2, 0.25) is 0 Å². The van der Waals surface area contributed by atoms with E-state index in [0.717, 1.165) is 11.1 Å². The van der Waals surface area contributed by atoms with Gasteiger partial charge in [-0.2, -0.15) is 13.2 Å². The van der Waals surface area contributed by atoms with Crippen molar-refractivity contribution in [3.8, 4) is 0 Å². The SMILES string of the molecule is O=C(Nc1cc(C(F)(F)F)c[nH]c1=O)[C@H]1Cc2ccccc2CN1. The third kappa shape index (κ3) is 3.33. The predicted molar refractivity (Wildman–Crippen MR) is 81.5 cm³/mol. The van der Waals surface area contributed by atoms with Crippen LogP contribution in [0.5, 0.6) is 0 Å². The number of H-pyrrole nitrogens is 1. The molecule has 0 saturated heterocycles. The van der Waals surface area contributed by atoms with Gasteiger partial charge in [-0.1, -0.05) is 24.3 Å². The average Bonchev–Trinajstić information content (AvgIpc) is 2.55. The zero-order valence-corrected chi connectivity index (χ0v) is 12.4. The van der Waals surface area contributed by atoms with Gasteiger partial charge < -0.3 is 15.6 Å². The number of carbonyl (C=O) groups is 1. The number of fused-ring (bicyclic) bond motifs is 1. The fourth-order valence-corrected chi connectivity index (χ4v) is 2.60. The molecule has 0 spiro atoms. The fraction of sp³-hybridized carbons (Fsp3) is 0.250. The van der Waals surface area contributed by atoms with Gasteiger partial charge in [-0.05, 0) is 23.6 Å². The maximum atomic E-state index is 12.7. The van der Waals surface area contributed by atoms with Gasteiger partial charge in [0.1, 0.15) is 5.69 Å². The summed E-state index contributed by atoms with van der Waals surface area (Å²) in [5.41, 5.74) is -0.171. The maximum absolute atomic E-state index is 12.7. The number of halogens is 3. The van der Waals surface area contributed by atoms with Crippen molar-refractivity contribution in [2.45, 2.75) is 25.2 Å². The van der Waals surface area contributed by atoms with Gasteiger partial charge in [-0.15, -0.1) is 0 Å². The minimum absolute atomic E-state index is 0.402. The van der Waals surface area contributed by atoms with Crippen molar-refractivity contribution in [1.82, 2.24) is 10.3 Å². The third-order valence-electron chi connectivity index (χ3n) is 3.89. The van der Waals surface area contributed by atoms with Crippen molar-refractivity contribution in [2.24, 2.45) is 0 Å². The maximum Gasteiger partial charge on any atom is 0.417 e. The Labute approximate surface area is 134 Å². The number of aromatic nitrogens is 1. The second-order valence-corrected chi connectivity index (χ2v) is 5.52. The lowest BCUT2D eigenvalue weighted by Crippen LogP contribution is -2.45. The Morgan fingerprint density at radius 2 is 1.92 bits per heavy atom. The summed E-state index contributed by atoms with van der Waals surface area (Å²) in [5, 5.41) is 5.29. The lowest BCUT2D eigenvalue weighted by molar-refractivity contribution is -0.137. The van der Waals surface area contributed by atoms with E-state index in [1.54, 1.807) is 0 Å². The van der Waals surface area contributed by atoms with Crippen LogP contribution in [0.15, 0.2) is 41.3 Å². The highest BCUT2D eigenvalue weighted by molar-refractivity contribution is 5.95. The monoisotopic (exact) mass is 337 g/mol. The molecule has 2 heterocycles. The summed E-state index contributed by atoms with van der Waals surface area (Å²) in [6.45, 7) is 0.479. The first-order valence-electron chi connectivity index (χ1n) is 7.25. The van der Waals surface area contributed by atoms with Crippen LogP contribution in [-0.4, -0.2) is 16.9 Å². The van der Waals surface area contributed by atoms with E-state index in [2.05, 4.69) is 10.6 Å². The highest BCUT2D eigenvalue weighted by Crippen LogP contribution is 2.29. The number of alkyl halides is 3. The molecule has 1 aliphatic rings. The van der Waals surface area contributed by atoms with Gasteiger partial charge in [0.15, 0.2) is 0 Å². The summed E-state index contributed by atoms with van der Waals surface area (Å²) in [7, 11) is 0. The quantitative estimate of drug-likeness (QED) is 0.785. The average molecular weight is 337 g/mol. The summed E-state index contributed by atoms with van der Waals surface area (Å²) in [4.78, 5) is 25.9. The lowest BCUT2D eigenvalue weighted by Gasteiger charge is -2.25. The molecule has 0 fully saturated rings. The number of nitrogens with one attached hydrogen (secondary N) is 3. The Bertz CT molecular complexity index is 830. The van der Waals surface area contributed by atoms with Crippen LogP contribution in [0.4, 0.5) is 18.9 Å². The van der Waals surface area contributed by atoms with Crippen molar-refractivity contribution in [3.05, 3.63) is 63.6 Å². The molecule has 1 amide bonds. The number of aromatic amines is 1. The number of carbonyl (C=O) groups excluding carboxylic acids is 1. The molecule has 126 valence electrons. The molecule has 0 aliphatic carbocycles. The topological polar surface area (TPSA) is 74.0 Å². The minimum Gasteiger partial charge on any atom is -0.327 e. The molecule has 1 aromatic carbocycles. The van der Waals surface area contributed by atoms with E-state index in [9.17, 15) is 22.8 Å². The first kappa shape index (κ1) is 16.3. The molecule has 0 saturated carbocycles. The standard InChI is InChI=1S/C16H14F3N3O2/c17-16(18,19)11-6-13(14(23)21-8-11)22-15(24)12-5-9-3-1-2-4-10(9)7-20-12/h1-4,6,8,12,20H,5,7H2,(H,21,23)(H,22,24)/t12-/m1/s1. The lowest BCUT2D eigenvalue weighted by atomic mass is 9.95. The van der Waals surface area contributed by atoms with Crippen molar-refractivity contribution in [2.75, 3.05) is 5.32 Å². The molecule has 1 aromatic heterocycles. The van der Waals surface area contributed by atoms with Crippen molar-refractivity contribution >= 4 is 11.6 Å². The van der Waals surface area contributed by atoms with Crippen LogP contribution >= 0.6 is 0 Å². The molecule has 1 atom stereocenters. The first-order valence-corrected chi connectivity index (χ1v) is 7.25. The van der Waals surface area contributed by atoms with Gasteiger partial charge in [-0.3, -0.25) is 9.59 Å². The fourth-order valence-electron chi connectivity index (χ4n) is 2.60. The molecule has 0 unspecified atom stereocenters. The predicted octanol–water partition coefficient (Wildman–Crippen LogP) is 2.05. The molecular formula is C16H14F3N3O2. The smallest absolute Gasteiger partial charge is 0.327 e. The van der Waals surface area contributed by atoms with E-state index in [1.165, 1.54) is 0 Å². The van der Waals surface area contributed by atoms with Gasteiger partial charge >= 0.3 is 6.18 Å². The molecular weight excluding hydrogens is 323 g/mol. The number of rotatable bonds is 2. The van der Waals surface area contributed by atoms with Crippen LogP contribution in [0, 0.1) is 0 Å². The van der Waals surface area contributed by atoms with Crippen LogP contribution in [-0.2, 0) is 23.9 Å². The van der Waals surface area contributed by atoms with Gasteiger partial charge in [0.25, 0.3) is 5.56 Å². The van der Waals surface area contributed by atoms with Gasteiger partial charge in [0.2, 0.25) is 5.91 Å². The normalized spacial score (nSPS) is 17.2. The van der Waals surface area contributed by atoms with Gasteiger partial charge in [0, 0.05) is 12.7 Å². The molecule has 0 radical (unpaired) electrons. The van der Waals surface area contributed by atoms with Crippen molar-refractivity contribution < 1.29 is 18.0 Å². The molecule has 8 heteroatoms. The van der Waals surface area contributed by atoms with Crippen LogP contribution in [0.25, 0.3) is 0 Å². The Balaban J connectivity index is 1.77. The number of anilines is 1. The number of hydrogen-bond acceptors (Lipinski definition) is 3. The molecule has 5 nitrogen and oxygen atoms in total. The van der Waals surface area contributed by atoms with E-state index in [-0.39, 0.29) is 0 Å². The second-order valence-electron chi connectivity index (χ2n) is 5.52. The molecule has 3 rings (SSSR count). The molecule has 2 aromatic rings. The van der Waals surface area contributed by atoms with E-state index in [1.807, 2.05) is 29.2 Å². The molecule has 0 bridgehead atoms. The van der Waals surface area contributed by atoms with Crippen LogP contribution < -0.4 is 16.2 Å². The van der Waals surface area contributed by atoms with Gasteiger partial charge in [0.05, 0.1) is 11.6 Å². The van der Waals surface area contributed by atoms with Crippen molar-refractivity contribution in [1.29, 1.82) is 0 Å². The Hall–Kier alpha value is -2.61. The summed E-state index contributed by atoms with van der Waals surface area (Å²) < 4.78 is 38.1. The molecule has 24 heavy (non-hydrogen) atoms. The Morgan fingerprint density at radius 1 is 1.21 bits per heavy atom. The Morgan fingerprint density at radius 3 is 2.62 bits per heavy atom. The summed E-state index contributed by atoms with van der Waals surface area (Å²) in [5.74, 6) is -0.547. The molecule has 1 aliphatic heterocycles. The zero-order chi connectivity index (χ0) is 17.3. The van der Waals surface area contributed by atoms with Crippen LogP contribution in [0.1, 0.15) is 16.7 Å². The number of benzene rings is 1. The number of pyridine rings is 1. The summed E-state index contributed by atoms with van der Waals surface area (Å²) >= 11 is 0. The number of hydrogen-bond donors (Lipinski definition) is 3. The van der Waals surface area contributed by atoms with E-state index >= 15 is 0 Å². The van der Waals surface area contributed by atoms with E-state index in [4.69, 9.17) is 0 Å². The largest absolute Gasteiger partial charge is 0.417 e. The zero-order valence-electron chi connectivity index (χ0n) is 12.4. The number of amides is 1. The molecule has 3 N–H and O–H groups in total. The minimum atomic E-state index is -4.61. The summed E-state index contributed by atoms with van der Waals surface area (Å²) in [6, 6.07) is 7.60.